The van der Waals surface area contributed by atoms with E-state index in [1.54, 1.807) is 20.3 Å². The summed E-state index contributed by atoms with van der Waals surface area (Å²) in [5, 5.41) is 2.77. The van der Waals surface area contributed by atoms with Gasteiger partial charge in [0.25, 0.3) is 5.91 Å². The van der Waals surface area contributed by atoms with Gasteiger partial charge in [0.1, 0.15) is 0 Å². The van der Waals surface area contributed by atoms with Crippen molar-refractivity contribution in [1.82, 2.24) is 5.32 Å². The van der Waals surface area contributed by atoms with Gasteiger partial charge in [-0.3, -0.25) is 4.79 Å². The van der Waals surface area contributed by atoms with E-state index in [0.29, 0.717) is 18.1 Å². The minimum Gasteiger partial charge on any atom is -0.493 e. The Balaban J connectivity index is 2.60. The molecule has 21 heavy (non-hydrogen) atoms. The zero-order valence-corrected chi connectivity index (χ0v) is 13.0. The molecular weight excluding hydrogens is 272 g/mol. The molecule has 0 aromatic heterocycles. The first kappa shape index (κ1) is 17.3. The van der Waals surface area contributed by atoms with Gasteiger partial charge in [0, 0.05) is 19.2 Å². The van der Waals surface area contributed by atoms with Gasteiger partial charge in [-0.15, -0.1) is 0 Å². The molecule has 0 heterocycles. The molecular formula is C15H24N2O4. The van der Waals surface area contributed by atoms with E-state index in [9.17, 15) is 4.79 Å². The molecule has 6 nitrogen and oxygen atoms in total. The fraction of sp³-hybridized carbons (Fsp3) is 0.533. The second kappa shape index (κ2) is 8.49. The number of ether oxygens (including phenoxy) is 3. The van der Waals surface area contributed by atoms with Crippen LogP contribution >= 0.6 is 0 Å². The lowest BCUT2D eigenvalue weighted by Gasteiger charge is -2.15. The van der Waals surface area contributed by atoms with Crippen molar-refractivity contribution in [3.63, 3.8) is 0 Å². The summed E-state index contributed by atoms with van der Waals surface area (Å²) in [4.78, 5) is 11.7. The molecule has 1 aromatic carbocycles. The van der Waals surface area contributed by atoms with Crippen molar-refractivity contribution in [2.75, 3.05) is 27.4 Å². The van der Waals surface area contributed by atoms with Crippen LogP contribution in [0.5, 0.6) is 11.5 Å². The Labute approximate surface area is 125 Å². The van der Waals surface area contributed by atoms with Crippen molar-refractivity contribution in [1.29, 1.82) is 0 Å². The number of rotatable bonds is 8. The van der Waals surface area contributed by atoms with E-state index >= 15 is 0 Å². The summed E-state index contributed by atoms with van der Waals surface area (Å²) in [5.74, 6) is 0.858. The van der Waals surface area contributed by atoms with E-state index in [-0.39, 0.29) is 24.6 Å². The van der Waals surface area contributed by atoms with Crippen molar-refractivity contribution < 1.29 is 19.0 Å². The van der Waals surface area contributed by atoms with Crippen LogP contribution in [0, 0.1) is 0 Å². The van der Waals surface area contributed by atoms with Gasteiger partial charge < -0.3 is 25.3 Å². The number of hydrogen-bond acceptors (Lipinski definition) is 5. The maximum atomic E-state index is 11.7. The van der Waals surface area contributed by atoms with Crippen LogP contribution in [0.1, 0.15) is 25.5 Å². The summed E-state index contributed by atoms with van der Waals surface area (Å²) >= 11 is 0. The predicted octanol–water partition coefficient (Wildman–Crippen LogP) is 1.24. The third-order valence-electron chi connectivity index (χ3n) is 2.90. The monoisotopic (exact) mass is 296 g/mol. The Morgan fingerprint density at radius 1 is 1.29 bits per heavy atom. The zero-order chi connectivity index (χ0) is 15.8. The predicted molar refractivity (Wildman–Crippen MR) is 80.6 cm³/mol. The van der Waals surface area contributed by atoms with Crippen LogP contribution < -0.4 is 20.5 Å². The second-order valence-electron chi connectivity index (χ2n) is 4.91. The van der Waals surface area contributed by atoms with Gasteiger partial charge in [-0.1, -0.05) is 6.07 Å². The number of hydrogen-bond donors (Lipinski definition) is 2. The lowest BCUT2D eigenvalue weighted by atomic mass is 10.1. The summed E-state index contributed by atoms with van der Waals surface area (Å²) in [6.07, 6.45) is 0. The fourth-order valence-electron chi connectivity index (χ4n) is 1.84. The van der Waals surface area contributed by atoms with Gasteiger partial charge in [-0.2, -0.15) is 0 Å². The highest BCUT2D eigenvalue weighted by Gasteiger charge is 2.11. The van der Waals surface area contributed by atoms with Crippen molar-refractivity contribution in [2.45, 2.75) is 25.9 Å². The summed E-state index contributed by atoms with van der Waals surface area (Å²) in [5.41, 5.74) is 6.76. The number of methoxy groups -OCH3 is 2. The average molecular weight is 296 g/mol. The molecule has 0 saturated carbocycles. The number of benzene rings is 1. The second-order valence-corrected chi connectivity index (χ2v) is 4.91. The minimum atomic E-state index is -0.210. The van der Waals surface area contributed by atoms with E-state index in [0.717, 1.165) is 5.56 Å². The first-order valence-corrected chi connectivity index (χ1v) is 6.82. The van der Waals surface area contributed by atoms with Gasteiger partial charge >= 0.3 is 0 Å². The van der Waals surface area contributed by atoms with Gasteiger partial charge in [0.2, 0.25) is 0 Å². The SMILES string of the molecule is COCC(C)NC(=O)COc1ccc([C@H](C)N)cc1OC. The van der Waals surface area contributed by atoms with Gasteiger partial charge in [-0.25, -0.2) is 0 Å². The van der Waals surface area contributed by atoms with Crippen LogP contribution in [-0.4, -0.2) is 39.4 Å². The zero-order valence-electron chi connectivity index (χ0n) is 13.0. The van der Waals surface area contributed by atoms with Crippen molar-refractivity contribution in [2.24, 2.45) is 5.73 Å². The van der Waals surface area contributed by atoms with Crippen LogP contribution in [0.15, 0.2) is 18.2 Å². The highest BCUT2D eigenvalue weighted by atomic mass is 16.5. The Morgan fingerprint density at radius 3 is 2.57 bits per heavy atom. The maximum absolute atomic E-state index is 11.7. The van der Waals surface area contributed by atoms with E-state index < -0.39 is 0 Å². The largest absolute Gasteiger partial charge is 0.493 e. The molecule has 0 aliphatic heterocycles. The summed E-state index contributed by atoms with van der Waals surface area (Å²) < 4.78 is 15.7. The minimum absolute atomic E-state index is 0.0616. The molecule has 6 heteroatoms. The number of amides is 1. The van der Waals surface area contributed by atoms with Crippen LogP contribution in [0.4, 0.5) is 0 Å². The number of carbonyl (C=O) groups excluding carboxylic acids is 1. The fourth-order valence-corrected chi connectivity index (χ4v) is 1.84. The van der Waals surface area contributed by atoms with E-state index in [4.69, 9.17) is 19.9 Å². The molecule has 0 aliphatic carbocycles. The third kappa shape index (κ3) is 5.61. The molecule has 0 aliphatic rings. The smallest absolute Gasteiger partial charge is 0.258 e. The van der Waals surface area contributed by atoms with Gasteiger partial charge in [-0.05, 0) is 31.5 Å². The maximum Gasteiger partial charge on any atom is 0.258 e. The summed E-state index contributed by atoms with van der Waals surface area (Å²) in [6.45, 7) is 4.12. The first-order chi connectivity index (χ1) is 9.97. The third-order valence-corrected chi connectivity index (χ3v) is 2.90. The quantitative estimate of drug-likeness (QED) is 0.754. The Hall–Kier alpha value is -1.79. The Bertz CT molecular complexity index is 463. The molecule has 2 atom stereocenters. The molecule has 1 aromatic rings. The molecule has 3 N–H and O–H groups in total. The number of nitrogens with two attached hydrogens (primary N) is 1. The summed E-state index contributed by atoms with van der Waals surface area (Å²) in [7, 11) is 3.14. The number of carbonyl (C=O) groups is 1. The molecule has 1 amide bonds. The standard InChI is InChI=1S/C15H24N2O4/c1-10(8-19-3)17-15(18)9-21-13-6-5-12(11(2)16)7-14(13)20-4/h5-7,10-11H,8-9,16H2,1-4H3,(H,17,18)/t10?,11-/m0/s1. The molecule has 0 fully saturated rings. The molecule has 1 rings (SSSR count). The molecule has 1 unspecified atom stereocenters. The van der Waals surface area contributed by atoms with Gasteiger partial charge in [0.15, 0.2) is 18.1 Å². The Kier molecular flexibility index (Phi) is 6.98. The van der Waals surface area contributed by atoms with Crippen LogP contribution in [0.25, 0.3) is 0 Å². The van der Waals surface area contributed by atoms with Crippen LogP contribution in [-0.2, 0) is 9.53 Å². The van der Waals surface area contributed by atoms with Crippen LogP contribution in [0.2, 0.25) is 0 Å². The van der Waals surface area contributed by atoms with E-state index in [2.05, 4.69) is 5.32 Å². The average Bonchev–Trinajstić information content (AvgIpc) is 2.44. The molecule has 0 saturated heterocycles. The first-order valence-electron chi connectivity index (χ1n) is 6.82. The molecule has 118 valence electrons. The van der Waals surface area contributed by atoms with E-state index in [1.165, 1.54) is 0 Å². The summed E-state index contributed by atoms with van der Waals surface area (Å²) in [6, 6.07) is 5.27. The van der Waals surface area contributed by atoms with Gasteiger partial charge in [0.05, 0.1) is 13.7 Å². The highest BCUT2D eigenvalue weighted by Crippen LogP contribution is 2.29. The lowest BCUT2D eigenvalue weighted by molar-refractivity contribution is -0.124. The van der Waals surface area contributed by atoms with Crippen molar-refractivity contribution >= 4 is 5.91 Å². The normalized spacial score (nSPS) is 13.4. The Morgan fingerprint density at radius 2 is 2.00 bits per heavy atom. The van der Waals surface area contributed by atoms with Crippen LogP contribution in [0.3, 0.4) is 0 Å². The van der Waals surface area contributed by atoms with Crippen molar-refractivity contribution in [3.05, 3.63) is 23.8 Å². The highest BCUT2D eigenvalue weighted by molar-refractivity contribution is 5.77. The molecule has 0 bridgehead atoms. The number of nitrogens with one attached hydrogen (secondary N) is 1. The van der Waals surface area contributed by atoms with E-state index in [1.807, 2.05) is 26.0 Å². The molecule has 0 spiro atoms. The lowest BCUT2D eigenvalue weighted by Crippen LogP contribution is -2.38. The molecule has 0 radical (unpaired) electrons. The topological polar surface area (TPSA) is 82.8 Å². The van der Waals surface area contributed by atoms with Crippen molar-refractivity contribution in [3.8, 4) is 11.5 Å².